The zero-order valence-electron chi connectivity index (χ0n) is 11.1. The summed E-state index contributed by atoms with van der Waals surface area (Å²) in [6.45, 7) is 2.95. The molecule has 3 aromatic rings. The first kappa shape index (κ1) is 13.3. The van der Waals surface area contributed by atoms with E-state index in [9.17, 15) is 0 Å². The van der Waals surface area contributed by atoms with Crippen molar-refractivity contribution >= 4 is 39.1 Å². The number of benzene rings is 1. The number of rotatable bonds is 4. The van der Waals surface area contributed by atoms with Gasteiger partial charge in [0.1, 0.15) is 9.98 Å². The fraction of sp³-hybridized carbons (Fsp3) is 0.200. The van der Waals surface area contributed by atoms with Gasteiger partial charge in [-0.3, -0.25) is 0 Å². The van der Waals surface area contributed by atoms with Crippen LogP contribution >= 0.6 is 22.9 Å². The Labute approximate surface area is 126 Å². The van der Waals surface area contributed by atoms with Crippen molar-refractivity contribution in [2.75, 3.05) is 11.9 Å². The van der Waals surface area contributed by atoms with Crippen LogP contribution in [0.3, 0.4) is 0 Å². The molecular formula is C15H14ClN3S. The number of thiophene rings is 1. The van der Waals surface area contributed by atoms with Crippen LogP contribution in [0.4, 0.5) is 5.95 Å². The Bertz CT molecular complexity index is 725. The second-order valence-corrected chi connectivity index (χ2v) is 5.68. The minimum Gasteiger partial charge on any atom is -0.354 e. The highest BCUT2D eigenvalue weighted by Gasteiger charge is 2.13. The number of hydrogen-bond donors (Lipinski definition) is 1. The maximum atomic E-state index is 6.35. The zero-order valence-corrected chi connectivity index (χ0v) is 12.6. The molecule has 2 aromatic heterocycles. The predicted molar refractivity (Wildman–Crippen MR) is 86.6 cm³/mol. The van der Waals surface area contributed by atoms with E-state index in [2.05, 4.69) is 39.7 Å². The Morgan fingerprint density at radius 1 is 1.20 bits per heavy atom. The number of hydrogen-bond acceptors (Lipinski definition) is 4. The van der Waals surface area contributed by atoms with Crippen molar-refractivity contribution in [3.05, 3.63) is 40.9 Å². The summed E-state index contributed by atoms with van der Waals surface area (Å²) in [5.41, 5.74) is 2.23. The van der Waals surface area contributed by atoms with Crippen LogP contribution in [0.2, 0.25) is 5.15 Å². The van der Waals surface area contributed by atoms with Gasteiger partial charge < -0.3 is 5.32 Å². The van der Waals surface area contributed by atoms with Gasteiger partial charge in [-0.1, -0.05) is 48.9 Å². The largest absolute Gasteiger partial charge is 0.354 e. The van der Waals surface area contributed by atoms with Gasteiger partial charge in [-0.05, 0) is 12.0 Å². The third-order valence-electron chi connectivity index (χ3n) is 3.01. The lowest BCUT2D eigenvalue weighted by Gasteiger charge is -2.05. The molecule has 0 radical (unpaired) electrons. The minimum atomic E-state index is 0.508. The predicted octanol–water partition coefficient (Wildman–Crippen LogP) is 4.83. The Hall–Kier alpha value is -1.65. The summed E-state index contributed by atoms with van der Waals surface area (Å²) in [4.78, 5) is 9.80. The molecule has 2 heterocycles. The molecule has 5 heteroatoms. The van der Waals surface area contributed by atoms with Crippen LogP contribution in [0.25, 0.3) is 21.3 Å². The van der Waals surface area contributed by atoms with Crippen molar-refractivity contribution in [1.82, 2.24) is 9.97 Å². The monoisotopic (exact) mass is 303 g/mol. The van der Waals surface area contributed by atoms with Gasteiger partial charge in [0.05, 0.1) is 5.39 Å². The standard InChI is InChI=1S/C15H14ClN3S/c1-2-8-17-15-18-13(16)12-11(9-20-14(12)19-15)10-6-4-3-5-7-10/h3-7,9H,2,8H2,1H3,(H,17,18,19). The topological polar surface area (TPSA) is 37.8 Å². The van der Waals surface area contributed by atoms with Crippen LogP contribution < -0.4 is 5.32 Å². The summed E-state index contributed by atoms with van der Waals surface area (Å²) in [6, 6.07) is 10.2. The highest BCUT2D eigenvalue weighted by atomic mass is 35.5. The van der Waals surface area contributed by atoms with Gasteiger partial charge in [0.15, 0.2) is 0 Å². The van der Waals surface area contributed by atoms with Crippen molar-refractivity contribution in [3.63, 3.8) is 0 Å². The minimum absolute atomic E-state index is 0.508. The maximum Gasteiger partial charge on any atom is 0.225 e. The third-order valence-corrected chi connectivity index (χ3v) is 4.15. The average molecular weight is 304 g/mol. The SMILES string of the molecule is CCCNc1nc(Cl)c2c(-c3ccccc3)csc2n1. The van der Waals surface area contributed by atoms with Crippen LogP contribution in [0.15, 0.2) is 35.7 Å². The molecule has 0 aliphatic rings. The molecular weight excluding hydrogens is 290 g/mol. The van der Waals surface area contributed by atoms with Crippen LogP contribution in [0.5, 0.6) is 0 Å². The molecule has 0 aliphatic heterocycles. The smallest absolute Gasteiger partial charge is 0.225 e. The molecule has 0 saturated heterocycles. The van der Waals surface area contributed by atoms with Crippen LogP contribution in [0.1, 0.15) is 13.3 Å². The highest BCUT2D eigenvalue weighted by Crippen LogP contribution is 2.37. The Morgan fingerprint density at radius 3 is 2.75 bits per heavy atom. The number of nitrogens with one attached hydrogen (secondary N) is 1. The maximum absolute atomic E-state index is 6.35. The van der Waals surface area contributed by atoms with Gasteiger partial charge in [-0.25, -0.2) is 9.97 Å². The second-order valence-electron chi connectivity index (χ2n) is 4.46. The first-order valence-corrected chi connectivity index (χ1v) is 7.79. The van der Waals surface area contributed by atoms with Gasteiger partial charge in [0.2, 0.25) is 5.95 Å². The van der Waals surface area contributed by atoms with Gasteiger partial charge in [0, 0.05) is 17.5 Å². The van der Waals surface area contributed by atoms with Gasteiger partial charge in [0.25, 0.3) is 0 Å². The molecule has 0 bridgehead atoms. The molecule has 0 spiro atoms. The molecule has 0 unspecified atom stereocenters. The van der Waals surface area contributed by atoms with Crippen molar-refractivity contribution < 1.29 is 0 Å². The highest BCUT2D eigenvalue weighted by molar-refractivity contribution is 7.17. The summed E-state index contributed by atoms with van der Waals surface area (Å²) in [6.07, 6.45) is 1.03. The quantitative estimate of drug-likeness (QED) is 0.701. The van der Waals surface area contributed by atoms with Crippen molar-refractivity contribution in [3.8, 4) is 11.1 Å². The zero-order chi connectivity index (χ0) is 13.9. The molecule has 3 nitrogen and oxygen atoms in total. The van der Waals surface area contributed by atoms with Gasteiger partial charge >= 0.3 is 0 Å². The van der Waals surface area contributed by atoms with E-state index in [0.717, 1.165) is 34.3 Å². The van der Waals surface area contributed by atoms with E-state index in [4.69, 9.17) is 11.6 Å². The molecule has 1 aromatic carbocycles. The van der Waals surface area contributed by atoms with Crippen molar-refractivity contribution in [2.45, 2.75) is 13.3 Å². The molecule has 0 fully saturated rings. The Kier molecular flexibility index (Phi) is 3.85. The first-order chi connectivity index (χ1) is 9.79. The molecule has 102 valence electrons. The molecule has 1 N–H and O–H groups in total. The van der Waals surface area contributed by atoms with Crippen LogP contribution in [0, 0.1) is 0 Å². The number of fused-ring (bicyclic) bond motifs is 1. The molecule has 0 amide bonds. The van der Waals surface area contributed by atoms with Gasteiger partial charge in [-0.15, -0.1) is 11.3 Å². The number of nitrogens with zero attached hydrogens (tertiary/aromatic N) is 2. The van der Waals surface area contributed by atoms with E-state index in [1.165, 1.54) is 0 Å². The third kappa shape index (κ3) is 2.49. The van der Waals surface area contributed by atoms with E-state index < -0.39 is 0 Å². The number of halogens is 1. The Morgan fingerprint density at radius 2 is 2.00 bits per heavy atom. The lowest BCUT2D eigenvalue weighted by atomic mass is 10.1. The molecule has 0 atom stereocenters. The molecule has 20 heavy (non-hydrogen) atoms. The van der Waals surface area contributed by atoms with E-state index in [1.807, 2.05) is 18.2 Å². The van der Waals surface area contributed by atoms with Gasteiger partial charge in [-0.2, -0.15) is 0 Å². The van der Waals surface area contributed by atoms with E-state index in [-0.39, 0.29) is 0 Å². The second kappa shape index (κ2) is 5.77. The summed E-state index contributed by atoms with van der Waals surface area (Å²) in [5.74, 6) is 0.603. The van der Waals surface area contributed by atoms with Crippen LogP contribution in [-0.4, -0.2) is 16.5 Å². The lowest BCUT2D eigenvalue weighted by molar-refractivity contribution is 0.958. The van der Waals surface area contributed by atoms with E-state index >= 15 is 0 Å². The summed E-state index contributed by atoms with van der Waals surface area (Å²) >= 11 is 7.95. The normalized spacial score (nSPS) is 10.9. The van der Waals surface area contributed by atoms with Crippen molar-refractivity contribution in [2.24, 2.45) is 0 Å². The summed E-state index contributed by atoms with van der Waals surface area (Å²) < 4.78 is 0. The summed E-state index contributed by atoms with van der Waals surface area (Å²) in [5, 5.41) is 6.71. The average Bonchev–Trinajstić information content (AvgIpc) is 2.90. The molecule has 0 saturated carbocycles. The Balaban J connectivity index is 2.09. The first-order valence-electron chi connectivity index (χ1n) is 6.53. The van der Waals surface area contributed by atoms with E-state index in [1.54, 1.807) is 11.3 Å². The van der Waals surface area contributed by atoms with Crippen LogP contribution in [-0.2, 0) is 0 Å². The van der Waals surface area contributed by atoms with Crippen molar-refractivity contribution in [1.29, 1.82) is 0 Å². The number of aromatic nitrogens is 2. The molecule has 3 rings (SSSR count). The lowest BCUT2D eigenvalue weighted by Crippen LogP contribution is -2.04. The summed E-state index contributed by atoms with van der Waals surface area (Å²) in [7, 11) is 0. The fourth-order valence-electron chi connectivity index (χ4n) is 2.05. The number of anilines is 1. The molecule has 0 aliphatic carbocycles. The van der Waals surface area contributed by atoms with E-state index in [0.29, 0.717) is 11.1 Å². The fourth-order valence-corrected chi connectivity index (χ4v) is 3.32.